The highest BCUT2D eigenvalue weighted by Gasteiger charge is 2.15. The van der Waals surface area contributed by atoms with Crippen molar-refractivity contribution >= 4 is 5.91 Å². The monoisotopic (exact) mass is 145 g/mol. The summed E-state index contributed by atoms with van der Waals surface area (Å²) < 4.78 is 4.98. The van der Waals surface area contributed by atoms with Gasteiger partial charge in [0.2, 0.25) is 5.91 Å². The van der Waals surface area contributed by atoms with Crippen LogP contribution in [0.1, 0.15) is 20.8 Å². The van der Waals surface area contributed by atoms with Crippen LogP contribution < -0.4 is 5.32 Å². The number of carbonyl (C=O) groups is 1. The van der Waals surface area contributed by atoms with Crippen LogP contribution in [0, 0.1) is 0 Å². The van der Waals surface area contributed by atoms with Crippen molar-refractivity contribution < 1.29 is 9.53 Å². The molecule has 0 aromatic rings. The van der Waals surface area contributed by atoms with Crippen molar-refractivity contribution in [2.24, 2.45) is 0 Å². The van der Waals surface area contributed by atoms with Gasteiger partial charge >= 0.3 is 0 Å². The highest BCUT2D eigenvalue weighted by atomic mass is 16.5. The van der Waals surface area contributed by atoms with E-state index in [9.17, 15) is 4.79 Å². The molecule has 1 atom stereocenters. The Kier molecular flexibility index (Phi) is 4.94. The Labute approximate surface area is 61.8 Å². The van der Waals surface area contributed by atoms with E-state index < -0.39 is 0 Å². The first kappa shape index (κ1) is 9.43. The molecular formula is C7H15NO2. The van der Waals surface area contributed by atoms with E-state index in [2.05, 4.69) is 5.32 Å². The standard InChI is InChI=1S/C5H9NO2.C2H6/c1-4-5(7)6-2-3-8-4;1-2/h4H,2-3H2,1H3,(H,6,7);1-2H3. The topological polar surface area (TPSA) is 38.3 Å². The highest BCUT2D eigenvalue weighted by molar-refractivity contribution is 5.80. The van der Waals surface area contributed by atoms with Gasteiger partial charge in [-0.25, -0.2) is 0 Å². The first-order valence-electron chi connectivity index (χ1n) is 3.70. The Morgan fingerprint density at radius 1 is 1.60 bits per heavy atom. The SMILES string of the molecule is CC.CC1OCCNC1=O. The lowest BCUT2D eigenvalue weighted by molar-refractivity contribution is -0.136. The Balaban J connectivity index is 0.000000371. The average Bonchev–Trinajstić information content (AvgIpc) is 2.00. The van der Waals surface area contributed by atoms with Gasteiger partial charge in [0.1, 0.15) is 6.10 Å². The molecule has 1 aliphatic heterocycles. The van der Waals surface area contributed by atoms with Gasteiger partial charge in [0.25, 0.3) is 0 Å². The van der Waals surface area contributed by atoms with E-state index in [0.717, 1.165) is 0 Å². The maximum atomic E-state index is 10.6. The van der Waals surface area contributed by atoms with E-state index in [4.69, 9.17) is 4.74 Å². The van der Waals surface area contributed by atoms with Gasteiger partial charge < -0.3 is 10.1 Å². The predicted molar refractivity (Wildman–Crippen MR) is 39.8 cm³/mol. The molecule has 60 valence electrons. The van der Waals surface area contributed by atoms with Gasteiger partial charge in [-0.2, -0.15) is 0 Å². The number of carbonyl (C=O) groups excluding carboxylic acids is 1. The quantitative estimate of drug-likeness (QED) is 0.540. The average molecular weight is 145 g/mol. The second-order valence-electron chi connectivity index (χ2n) is 1.80. The molecule has 0 aliphatic carbocycles. The molecule has 0 radical (unpaired) electrons. The highest BCUT2D eigenvalue weighted by Crippen LogP contribution is 1.93. The van der Waals surface area contributed by atoms with E-state index in [1.54, 1.807) is 6.92 Å². The Morgan fingerprint density at radius 3 is 2.50 bits per heavy atom. The summed E-state index contributed by atoms with van der Waals surface area (Å²) in [4.78, 5) is 10.6. The van der Waals surface area contributed by atoms with Gasteiger partial charge in [0, 0.05) is 6.54 Å². The van der Waals surface area contributed by atoms with Crippen molar-refractivity contribution in [1.82, 2.24) is 5.32 Å². The number of hydrogen-bond donors (Lipinski definition) is 1. The lowest BCUT2D eigenvalue weighted by Gasteiger charge is -2.18. The van der Waals surface area contributed by atoms with Crippen LogP contribution in [0.4, 0.5) is 0 Å². The maximum Gasteiger partial charge on any atom is 0.248 e. The molecule has 10 heavy (non-hydrogen) atoms. The summed E-state index contributed by atoms with van der Waals surface area (Å²) in [5.74, 6) is -0.00347. The summed E-state index contributed by atoms with van der Waals surface area (Å²) in [5.41, 5.74) is 0. The van der Waals surface area contributed by atoms with E-state index in [1.807, 2.05) is 13.8 Å². The molecule has 3 heteroatoms. The van der Waals surface area contributed by atoms with Crippen molar-refractivity contribution in [3.05, 3.63) is 0 Å². The second kappa shape index (κ2) is 5.23. The summed E-state index contributed by atoms with van der Waals surface area (Å²) >= 11 is 0. The molecule has 1 rings (SSSR count). The van der Waals surface area contributed by atoms with Gasteiger partial charge in [0.05, 0.1) is 6.61 Å². The smallest absolute Gasteiger partial charge is 0.248 e. The summed E-state index contributed by atoms with van der Waals surface area (Å²) in [6.45, 7) is 7.05. The number of morpholine rings is 1. The van der Waals surface area contributed by atoms with Crippen LogP contribution in [0.25, 0.3) is 0 Å². The van der Waals surface area contributed by atoms with Gasteiger partial charge in [-0.05, 0) is 6.92 Å². The summed E-state index contributed by atoms with van der Waals surface area (Å²) in [6, 6.07) is 0. The summed E-state index contributed by atoms with van der Waals surface area (Å²) in [6.07, 6.45) is -0.247. The molecule has 1 fully saturated rings. The molecule has 0 bridgehead atoms. The van der Waals surface area contributed by atoms with Gasteiger partial charge in [0.15, 0.2) is 0 Å². The molecule has 0 aromatic carbocycles. The minimum absolute atomic E-state index is 0.00347. The molecule has 1 amide bonds. The van der Waals surface area contributed by atoms with Crippen LogP contribution >= 0.6 is 0 Å². The zero-order valence-electron chi connectivity index (χ0n) is 6.81. The largest absolute Gasteiger partial charge is 0.367 e. The minimum atomic E-state index is -0.247. The van der Waals surface area contributed by atoms with Gasteiger partial charge in [-0.3, -0.25) is 4.79 Å². The first-order chi connectivity index (χ1) is 4.80. The van der Waals surface area contributed by atoms with Crippen LogP contribution in [-0.2, 0) is 9.53 Å². The third kappa shape index (κ3) is 2.82. The van der Waals surface area contributed by atoms with Crippen molar-refractivity contribution in [1.29, 1.82) is 0 Å². The molecule has 1 saturated heterocycles. The number of nitrogens with one attached hydrogen (secondary N) is 1. The van der Waals surface area contributed by atoms with Crippen molar-refractivity contribution in [3.8, 4) is 0 Å². The van der Waals surface area contributed by atoms with Gasteiger partial charge in [-0.1, -0.05) is 13.8 Å². The van der Waals surface area contributed by atoms with Crippen molar-refractivity contribution in [2.75, 3.05) is 13.2 Å². The zero-order valence-corrected chi connectivity index (χ0v) is 6.81. The fraction of sp³-hybridized carbons (Fsp3) is 0.857. The zero-order chi connectivity index (χ0) is 7.98. The normalized spacial score (nSPS) is 24.3. The van der Waals surface area contributed by atoms with Crippen molar-refractivity contribution in [3.63, 3.8) is 0 Å². The molecule has 1 unspecified atom stereocenters. The number of ether oxygens (including phenoxy) is 1. The molecule has 0 spiro atoms. The van der Waals surface area contributed by atoms with Crippen LogP contribution in [-0.4, -0.2) is 25.2 Å². The van der Waals surface area contributed by atoms with Crippen LogP contribution in [0.15, 0.2) is 0 Å². The van der Waals surface area contributed by atoms with E-state index >= 15 is 0 Å². The Morgan fingerprint density at radius 2 is 2.20 bits per heavy atom. The fourth-order valence-corrected chi connectivity index (χ4v) is 0.629. The lowest BCUT2D eigenvalue weighted by Crippen LogP contribution is -2.42. The fourth-order valence-electron chi connectivity index (χ4n) is 0.629. The lowest BCUT2D eigenvalue weighted by atomic mass is 10.3. The Bertz CT molecular complexity index is 104. The molecule has 1 heterocycles. The van der Waals surface area contributed by atoms with Gasteiger partial charge in [-0.15, -0.1) is 0 Å². The number of rotatable bonds is 0. The minimum Gasteiger partial charge on any atom is -0.367 e. The van der Waals surface area contributed by atoms with Crippen LogP contribution in [0.2, 0.25) is 0 Å². The van der Waals surface area contributed by atoms with Crippen LogP contribution in [0.5, 0.6) is 0 Å². The van der Waals surface area contributed by atoms with Crippen LogP contribution in [0.3, 0.4) is 0 Å². The third-order valence-corrected chi connectivity index (χ3v) is 1.14. The second-order valence-corrected chi connectivity index (χ2v) is 1.80. The maximum absolute atomic E-state index is 10.6. The third-order valence-electron chi connectivity index (χ3n) is 1.14. The molecule has 1 N–H and O–H groups in total. The summed E-state index contributed by atoms with van der Waals surface area (Å²) in [5, 5.41) is 2.67. The van der Waals surface area contributed by atoms with Crippen molar-refractivity contribution in [2.45, 2.75) is 26.9 Å². The number of amides is 1. The van der Waals surface area contributed by atoms with E-state index in [-0.39, 0.29) is 12.0 Å². The predicted octanol–water partition coefficient (Wildman–Crippen LogP) is 0.547. The number of hydrogen-bond acceptors (Lipinski definition) is 2. The first-order valence-corrected chi connectivity index (χ1v) is 3.70. The molecular weight excluding hydrogens is 130 g/mol. The summed E-state index contributed by atoms with van der Waals surface area (Å²) in [7, 11) is 0. The molecule has 1 aliphatic rings. The Hall–Kier alpha value is -0.570. The molecule has 0 aromatic heterocycles. The molecule has 3 nitrogen and oxygen atoms in total. The molecule has 0 saturated carbocycles. The van der Waals surface area contributed by atoms with E-state index in [1.165, 1.54) is 0 Å². The van der Waals surface area contributed by atoms with E-state index in [0.29, 0.717) is 13.2 Å².